The number of aromatic nitrogens is 3. The van der Waals surface area contributed by atoms with Crippen molar-refractivity contribution in [1.29, 1.82) is 0 Å². The molecule has 2 saturated heterocycles. The van der Waals surface area contributed by atoms with Gasteiger partial charge in [-0.05, 0) is 38.8 Å². The quantitative estimate of drug-likeness (QED) is 0.819. The maximum Gasteiger partial charge on any atom is 0.234 e. The minimum absolute atomic E-state index is 0.172. The maximum atomic E-state index is 12.4. The van der Waals surface area contributed by atoms with Gasteiger partial charge in [0.05, 0.1) is 13.1 Å². The van der Waals surface area contributed by atoms with E-state index in [-0.39, 0.29) is 5.91 Å². The third-order valence-electron chi connectivity index (χ3n) is 5.11. The van der Waals surface area contributed by atoms with Crippen LogP contribution in [0.1, 0.15) is 32.6 Å². The van der Waals surface area contributed by atoms with Crippen LogP contribution in [0.25, 0.3) is 0 Å². The molecule has 0 aromatic carbocycles. The van der Waals surface area contributed by atoms with Crippen LogP contribution in [0.2, 0.25) is 0 Å². The van der Waals surface area contributed by atoms with Gasteiger partial charge in [-0.15, -0.1) is 0 Å². The Kier molecular flexibility index (Phi) is 5.61. The summed E-state index contributed by atoms with van der Waals surface area (Å²) in [5.41, 5.74) is 0. The number of nitrogens with one attached hydrogen (secondary N) is 1. The van der Waals surface area contributed by atoms with Crippen LogP contribution in [-0.4, -0.2) is 75.3 Å². The van der Waals surface area contributed by atoms with Crippen molar-refractivity contribution in [3.63, 3.8) is 0 Å². The van der Waals surface area contributed by atoms with Crippen molar-refractivity contribution in [1.82, 2.24) is 29.9 Å². The van der Waals surface area contributed by atoms with E-state index in [2.05, 4.69) is 32.1 Å². The van der Waals surface area contributed by atoms with Crippen LogP contribution in [0.5, 0.6) is 0 Å². The van der Waals surface area contributed by atoms with Gasteiger partial charge in [0.2, 0.25) is 5.91 Å². The third kappa shape index (κ3) is 4.51. The minimum atomic E-state index is 0.172. The summed E-state index contributed by atoms with van der Waals surface area (Å²) < 4.78 is 1.86. The Morgan fingerprint density at radius 2 is 2.09 bits per heavy atom. The Hall–Kier alpha value is -1.47. The highest BCUT2D eigenvalue weighted by atomic mass is 16.2. The summed E-state index contributed by atoms with van der Waals surface area (Å²) in [4.78, 5) is 21.1. The van der Waals surface area contributed by atoms with Crippen LogP contribution in [0.15, 0.2) is 12.7 Å². The van der Waals surface area contributed by atoms with E-state index >= 15 is 0 Å². The molecule has 7 heteroatoms. The lowest BCUT2D eigenvalue weighted by atomic mass is 10.1. The second-order valence-electron chi connectivity index (χ2n) is 6.66. The molecular formula is C16H28N6O. The number of piperidine rings is 1. The highest BCUT2D eigenvalue weighted by Gasteiger charge is 2.28. The minimum Gasteiger partial charge on any atom is -0.352 e. The van der Waals surface area contributed by atoms with Gasteiger partial charge in [-0.25, -0.2) is 4.98 Å². The summed E-state index contributed by atoms with van der Waals surface area (Å²) in [6.45, 7) is 7.83. The van der Waals surface area contributed by atoms with Crippen molar-refractivity contribution in [2.45, 2.75) is 51.2 Å². The molecule has 1 N–H and O–H groups in total. The second kappa shape index (κ2) is 7.88. The van der Waals surface area contributed by atoms with Gasteiger partial charge >= 0.3 is 0 Å². The van der Waals surface area contributed by atoms with E-state index in [1.54, 1.807) is 12.7 Å². The number of nitrogens with zero attached hydrogens (tertiary/aromatic N) is 5. The number of carbonyl (C=O) groups is 1. The standard InChI is InChI=1S/C16H28N6O/c1-2-20-8-5-14(6-9-20)19-16(23)11-21-7-3-4-15(21)10-22-13-17-12-18-22/h12-15H,2-11H2,1H3,(H,19,23)/t15-/m1/s1. The van der Waals surface area contributed by atoms with Gasteiger partial charge in [-0.1, -0.05) is 6.92 Å². The van der Waals surface area contributed by atoms with Gasteiger partial charge in [0.15, 0.2) is 0 Å². The Bertz CT molecular complexity index is 483. The van der Waals surface area contributed by atoms with Crippen molar-refractivity contribution in [3.8, 4) is 0 Å². The summed E-state index contributed by atoms with van der Waals surface area (Å²) in [7, 11) is 0. The lowest BCUT2D eigenvalue weighted by Crippen LogP contribution is -2.48. The van der Waals surface area contributed by atoms with Crippen LogP contribution in [0, 0.1) is 0 Å². The highest BCUT2D eigenvalue weighted by Crippen LogP contribution is 2.18. The fraction of sp³-hybridized carbons (Fsp3) is 0.812. The zero-order valence-electron chi connectivity index (χ0n) is 14.0. The van der Waals surface area contributed by atoms with E-state index in [1.807, 2.05) is 4.68 Å². The van der Waals surface area contributed by atoms with Crippen molar-refractivity contribution in [2.24, 2.45) is 0 Å². The first-order valence-electron chi connectivity index (χ1n) is 8.82. The molecule has 1 atom stereocenters. The smallest absolute Gasteiger partial charge is 0.234 e. The molecule has 7 nitrogen and oxygen atoms in total. The van der Waals surface area contributed by atoms with Crippen molar-refractivity contribution in [3.05, 3.63) is 12.7 Å². The van der Waals surface area contributed by atoms with Crippen LogP contribution < -0.4 is 5.32 Å². The number of likely N-dealkylation sites (tertiary alicyclic amines) is 2. The van der Waals surface area contributed by atoms with Crippen LogP contribution >= 0.6 is 0 Å². The van der Waals surface area contributed by atoms with Crippen molar-refractivity contribution < 1.29 is 4.79 Å². The monoisotopic (exact) mass is 320 g/mol. The van der Waals surface area contributed by atoms with Gasteiger partial charge in [0.1, 0.15) is 12.7 Å². The first kappa shape index (κ1) is 16.4. The molecule has 1 aromatic rings. The van der Waals surface area contributed by atoms with E-state index < -0.39 is 0 Å². The maximum absolute atomic E-state index is 12.4. The fourth-order valence-corrected chi connectivity index (χ4v) is 3.70. The molecule has 0 unspecified atom stereocenters. The molecule has 1 amide bonds. The molecule has 3 heterocycles. The normalized spacial score (nSPS) is 24.1. The molecule has 0 radical (unpaired) electrons. The number of hydrogen-bond donors (Lipinski definition) is 1. The number of amides is 1. The van der Waals surface area contributed by atoms with Gasteiger partial charge in [-0.2, -0.15) is 5.10 Å². The number of rotatable bonds is 6. The topological polar surface area (TPSA) is 66.3 Å². The lowest BCUT2D eigenvalue weighted by Gasteiger charge is -2.32. The van der Waals surface area contributed by atoms with Crippen LogP contribution in [0.3, 0.4) is 0 Å². The predicted molar refractivity (Wildman–Crippen MR) is 87.9 cm³/mol. The molecule has 2 fully saturated rings. The molecule has 3 rings (SSSR count). The third-order valence-corrected chi connectivity index (χ3v) is 5.11. The lowest BCUT2D eigenvalue weighted by molar-refractivity contribution is -0.123. The first-order valence-corrected chi connectivity index (χ1v) is 8.82. The molecule has 0 bridgehead atoms. The summed E-state index contributed by atoms with van der Waals surface area (Å²) in [5.74, 6) is 0.172. The van der Waals surface area contributed by atoms with Crippen molar-refractivity contribution >= 4 is 5.91 Å². The molecular weight excluding hydrogens is 292 g/mol. The molecule has 1 aromatic heterocycles. The Balaban J connectivity index is 1.43. The zero-order chi connectivity index (χ0) is 16.1. The van der Waals surface area contributed by atoms with Crippen molar-refractivity contribution in [2.75, 3.05) is 32.7 Å². The van der Waals surface area contributed by atoms with Crippen LogP contribution in [0.4, 0.5) is 0 Å². The van der Waals surface area contributed by atoms with E-state index in [9.17, 15) is 4.79 Å². The molecule has 0 aliphatic carbocycles. The Morgan fingerprint density at radius 3 is 2.78 bits per heavy atom. The summed E-state index contributed by atoms with van der Waals surface area (Å²) in [6.07, 6.45) is 7.74. The number of hydrogen-bond acceptors (Lipinski definition) is 5. The molecule has 2 aliphatic heterocycles. The Morgan fingerprint density at radius 1 is 1.26 bits per heavy atom. The molecule has 0 saturated carbocycles. The number of carbonyl (C=O) groups excluding carboxylic acids is 1. The zero-order valence-corrected chi connectivity index (χ0v) is 14.0. The largest absolute Gasteiger partial charge is 0.352 e. The van der Waals surface area contributed by atoms with Gasteiger partial charge in [-0.3, -0.25) is 14.4 Å². The average molecular weight is 320 g/mol. The molecule has 128 valence electrons. The SMILES string of the molecule is CCN1CCC(NC(=O)CN2CCC[C@@H]2Cn2cncn2)CC1. The average Bonchev–Trinajstić information content (AvgIpc) is 3.21. The highest BCUT2D eigenvalue weighted by molar-refractivity contribution is 5.78. The molecule has 2 aliphatic rings. The first-order chi connectivity index (χ1) is 11.2. The summed E-state index contributed by atoms with van der Waals surface area (Å²) in [5, 5.41) is 7.40. The van der Waals surface area contributed by atoms with Gasteiger partial charge < -0.3 is 10.2 Å². The molecule has 23 heavy (non-hydrogen) atoms. The van der Waals surface area contributed by atoms with Gasteiger partial charge in [0.25, 0.3) is 0 Å². The predicted octanol–water partition coefficient (Wildman–Crippen LogP) is 0.343. The van der Waals surface area contributed by atoms with E-state index in [4.69, 9.17) is 0 Å². The van der Waals surface area contributed by atoms with Gasteiger partial charge in [0, 0.05) is 25.2 Å². The van der Waals surface area contributed by atoms with E-state index in [0.29, 0.717) is 18.6 Å². The summed E-state index contributed by atoms with van der Waals surface area (Å²) in [6, 6.07) is 0.742. The molecule has 0 spiro atoms. The fourth-order valence-electron chi connectivity index (χ4n) is 3.70. The van der Waals surface area contributed by atoms with Crippen LogP contribution in [-0.2, 0) is 11.3 Å². The second-order valence-corrected chi connectivity index (χ2v) is 6.66. The Labute approximate surface area is 138 Å². The summed E-state index contributed by atoms with van der Waals surface area (Å²) >= 11 is 0. The van der Waals surface area contributed by atoms with E-state index in [1.165, 1.54) is 0 Å². The van der Waals surface area contributed by atoms with E-state index in [0.717, 1.165) is 58.4 Å².